The number of aromatic nitrogens is 2. The Hall–Kier alpha value is -2.18. The minimum Gasteiger partial charge on any atom is -0.369 e. The van der Waals surface area contributed by atoms with Crippen LogP contribution in [0.5, 0.6) is 0 Å². The fraction of sp³-hybridized carbons (Fsp3) is 0.500. The van der Waals surface area contributed by atoms with Crippen LogP contribution < -0.4 is 16.0 Å². The van der Waals surface area contributed by atoms with E-state index in [1.807, 2.05) is 6.92 Å². The lowest BCUT2D eigenvalue weighted by Crippen LogP contribution is -2.36. The van der Waals surface area contributed by atoms with E-state index in [0.29, 0.717) is 18.8 Å². The Morgan fingerprint density at radius 3 is 3.05 bits per heavy atom. The lowest BCUT2D eigenvalue weighted by atomic mass is 10.2. The zero-order valence-electron chi connectivity index (χ0n) is 10.8. The molecule has 7 heteroatoms. The zero-order valence-corrected chi connectivity index (χ0v) is 10.8. The van der Waals surface area contributed by atoms with Crippen molar-refractivity contribution < 1.29 is 9.59 Å². The summed E-state index contributed by atoms with van der Waals surface area (Å²) in [7, 11) is 0. The van der Waals surface area contributed by atoms with E-state index in [1.165, 1.54) is 6.20 Å². The maximum absolute atomic E-state index is 12.0. The number of nitrogens with one attached hydrogen (secondary N) is 3. The minimum absolute atomic E-state index is 0.0465. The lowest BCUT2D eigenvalue weighted by molar-refractivity contribution is -0.119. The molecule has 0 radical (unpaired) electrons. The molecule has 1 fully saturated rings. The summed E-state index contributed by atoms with van der Waals surface area (Å²) in [6.07, 6.45) is 4.27. The first-order chi connectivity index (χ1) is 9.19. The maximum atomic E-state index is 12.0. The van der Waals surface area contributed by atoms with Gasteiger partial charge >= 0.3 is 0 Å². The van der Waals surface area contributed by atoms with Crippen LogP contribution in [0, 0.1) is 0 Å². The van der Waals surface area contributed by atoms with Crippen molar-refractivity contribution in [2.24, 2.45) is 0 Å². The Labute approximate surface area is 111 Å². The van der Waals surface area contributed by atoms with Crippen LogP contribution in [0.15, 0.2) is 12.4 Å². The highest BCUT2D eigenvalue weighted by Crippen LogP contribution is 2.04. The molecule has 1 aromatic heterocycles. The molecule has 1 atom stereocenters. The van der Waals surface area contributed by atoms with Crippen molar-refractivity contribution in [2.45, 2.75) is 25.8 Å². The van der Waals surface area contributed by atoms with E-state index in [2.05, 4.69) is 25.9 Å². The summed E-state index contributed by atoms with van der Waals surface area (Å²) in [5, 5.41) is 8.49. The highest BCUT2D eigenvalue weighted by Gasteiger charge is 2.23. The summed E-state index contributed by atoms with van der Waals surface area (Å²) in [5.74, 6) is 0.221. The first-order valence-corrected chi connectivity index (χ1v) is 6.32. The van der Waals surface area contributed by atoms with E-state index >= 15 is 0 Å². The summed E-state index contributed by atoms with van der Waals surface area (Å²) in [6.45, 7) is 3.29. The van der Waals surface area contributed by atoms with Gasteiger partial charge in [-0.3, -0.25) is 14.6 Å². The molecule has 3 N–H and O–H groups in total. The second-order valence-electron chi connectivity index (χ2n) is 4.39. The van der Waals surface area contributed by atoms with Crippen molar-refractivity contribution in [2.75, 3.05) is 18.4 Å². The fourth-order valence-corrected chi connectivity index (χ4v) is 1.78. The van der Waals surface area contributed by atoms with Gasteiger partial charge in [0.25, 0.3) is 5.91 Å². The Kier molecular flexibility index (Phi) is 4.27. The van der Waals surface area contributed by atoms with Crippen molar-refractivity contribution >= 4 is 17.6 Å². The van der Waals surface area contributed by atoms with E-state index in [0.717, 1.165) is 13.0 Å². The van der Waals surface area contributed by atoms with Gasteiger partial charge in [0.1, 0.15) is 11.5 Å². The molecule has 1 unspecified atom stereocenters. The van der Waals surface area contributed by atoms with Gasteiger partial charge in [0, 0.05) is 19.5 Å². The van der Waals surface area contributed by atoms with Crippen molar-refractivity contribution in [3.8, 4) is 0 Å². The summed E-state index contributed by atoms with van der Waals surface area (Å²) >= 11 is 0. The standard InChI is InChI=1S/C12H17N5O2/c1-2-3-14-10-7-13-6-9(17-10)12(19)16-8-4-11(18)15-5-8/h6-8H,2-5H2,1H3,(H,14,17)(H,15,18)(H,16,19). The van der Waals surface area contributed by atoms with E-state index in [-0.39, 0.29) is 23.6 Å². The summed E-state index contributed by atoms with van der Waals surface area (Å²) in [4.78, 5) is 31.2. The van der Waals surface area contributed by atoms with Gasteiger partial charge in [-0.05, 0) is 6.42 Å². The Balaban J connectivity index is 1.96. The normalized spacial score (nSPS) is 17.9. The Bertz CT molecular complexity index is 477. The zero-order chi connectivity index (χ0) is 13.7. The average Bonchev–Trinajstić information content (AvgIpc) is 2.82. The van der Waals surface area contributed by atoms with E-state index in [4.69, 9.17) is 0 Å². The van der Waals surface area contributed by atoms with Gasteiger partial charge in [0.2, 0.25) is 5.91 Å². The van der Waals surface area contributed by atoms with Crippen LogP contribution in [-0.2, 0) is 4.79 Å². The monoisotopic (exact) mass is 263 g/mol. The Morgan fingerprint density at radius 1 is 1.53 bits per heavy atom. The van der Waals surface area contributed by atoms with Crippen LogP contribution in [0.25, 0.3) is 0 Å². The molecule has 0 aromatic carbocycles. The van der Waals surface area contributed by atoms with Crippen LogP contribution in [-0.4, -0.2) is 40.9 Å². The number of nitrogens with zero attached hydrogens (tertiary/aromatic N) is 2. The predicted molar refractivity (Wildman–Crippen MR) is 69.7 cm³/mol. The molecule has 0 saturated carbocycles. The second kappa shape index (κ2) is 6.12. The molecule has 0 spiro atoms. The minimum atomic E-state index is -0.311. The number of rotatable bonds is 5. The number of hydrogen-bond donors (Lipinski definition) is 3. The molecular weight excluding hydrogens is 246 g/mol. The first kappa shape index (κ1) is 13.3. The fourth-order valence-electron chi connectivity index (χ4n) is 1.78. The number of anilines is 1. The quantitative estimate of drug-likeness (QED) is 0.690. The largest absolute Gasteiger partial charge is 0.369 e. The van der Waals surface area contributed by atoms with Crippen LogP contribution in [0.4, 0.5) is 5.82 Å². The van der Waals surface area contributed by atoms with E-state index < -0.39 is 0 Å². The van der Waals surface area contributed by atoms with Crippen LogP contribution >= 0.6 is 0 Å². The third-order valence-electron chi connectivity index (χ3n) is 2.74. The van der Waals surface area contributed by atoms with Gasteiger partial charge in [-0.25, -0.2) is 4.98 Å². The van der Waals surface area contributed by atoms with Gasteiger partial charge < -0.3 is 16.0 Å². The molecular formula is C12H17N5O2. The van der Waals surface area contributed by atoms with Crippen molar-refractivity contribution in [3.63, 3.8) is 0 Å². The van der Waals surface area contributed by atoms with Gasteiger partial charge in [-0.15, -0.1) is 0 Å². The topological polar surface area (TPSA) is 96.0 Å². The first-order valence-electron chi connectivity index (χ1n) is 6.32. The molecule has 0 aliphatic carbocycles. The van der Waals surface area contributed by atoms with E-state index in [9.17, 15) is 9.59 Å². The van der Waals surface area contributed by atoms with Crippen molar-refractivity contribution in [3.05, 3.63) is 18.1 Å². The highest BCUT2D eigenvalue weighted by atomic mass is 16.2. The molecule has 1 aliphatic rings. The molecule has 1 saturated heterocycles. The van der Waals surface area contributed by atoms with Crippen molar-refractivity contribution in [1.82, 2.24) is 20.6 Å². The van der Waals surface area contributed by atoms with Gasteiger partial charge in [0.15, 0.2) is 0 Å². The number of carbonyl (C=O) groups excluding carboxylic acids is 2. The van der Waals surface area contributed by atoms with E-state index in [1.54, 1.807) is 6.20 Å². The molecule has 1 aliphatic heterocycles. The lowest BCUT2D eigenvalue weighted by Gasteiger charge is -2.10. The summed E-state index contributed by atoms with van der Waals surface area (Å²) < 4.78 is 0. The molecule has 2 amide bonds. The number of amides is 2. The van der Waals surface area contributed by atoms with Gasteiger partial charge in [-0.1, -0.05) is 6.92 Å². The molecule has 102 valence electrons. The van der Waals surface area contributed by atoms with Crippen LogP contribution in [0.2, 0.25) is 0 Å². The Morgan fingerprint density at radius 2 is 2.37 bits per heavy atom. The van der Waals surface area contributed by atoms with Crippen LogP contribution in [0.3, 0.4) is 0 Å². The second-order valence-corrected chi connectivity index (χ2v) is 4.39. The van der Waals surface area contributed by atoms with Gasteiger partial charge in [-0.2, -0.15) is 0 Å². The average molecular weight is 263 g/mol. The third-order valence-corrected chi connectivity index (χ3v) is 2.74. The van der Waals surface area contributed by atoms with Gasteiger partial charge in [0.05, 0.1) is 18.4 Å². The third kappa shape index (κ3) is 3.64. The molecule has 7 nitrogen and oxygen atoms in total. The number of carbonyl (C=O) groups is 2. The predicted octanol–water partition coefficient (Wildman–Crippen LogP) is -0.0832. The molecule has 0 bridgehead atoms. The smallest absolute Gasteiger partial charge is 0.271 e. The SMILES string of the molecule is CCCNc1cncc(C(=O)NC2CNC(=O)C2)n1. The molecule has 2 heterocycles. The maximum Gasteiger partial charge on any atom is 0.271 e. The summed E-state index contributed by atoms with van der Waals surface area (Å²) in [6, 6.07) is -0.172. The molecule has 2 rings (SSSR count). The highest BCUT2D eigenvalue weighted by molar-refractivity contribution is 5.93. The van der Waals surface area contributed by atoms with Crippen LogP contribution in [0.1, 0.15) is 30.3 Å². The summed E-state index contributed by atoms with van der Waals surface area (Å²) in [5.41, 5.74) is 0.250. The molecule has 19 heavy (non-hydrogen) atoms. The van der Waals surface area contributed by atoms with Crippen molar-refractivity contribution in [1.29, 1.82) is 0 Å². The number of hydrogen-bond acceptors (Lipinski definition) is 5. The molecule has 1 aromatic rings.